The molecule has 1 saturated heterocycles. The first kappa shape index (κ1) is 25.7. The van der Waals surface area contributed by atoms with Crippen LogP contribution in [0.3, 0.4) is 0 Å². The molecule has 0 bridgehead atoms. The van der Waals surface area contributed by atoms with E-state index in [9.17, 15) is 19.6 Å². The summed E-state index contributed by atoms with van der Waals surface area (Å²) >= 11 is 0.832. The van der Waals surface area contributed by atoms with Gasteiger partial charge in [0.05, 0.1) is 48.8 Å². The number of benzene rings is 2. The van der Waals surface area contributed by atoms with Crippen molar-refractivity contribution >= 4 is 35.2 Å². The minimum atomic E-state index is -1.56. The molecule has 2 atom stereocenters. The molecule has 12 heteroatoms. The van der Waals surface area contributed by atoms with Crippen molar-refractivity contribution in [3.8, 4) is 11.8 Å². The summed E-state index contributed by atoms with van der Waals surface area (Å²) in [6.07, 6.45) is -0.346. The largest absolute Gasteiger partial charge is 0.497 e. The van der Waals surface area contributed by atoms with Crippen LogP contribution >= 0.6 is 11.8 Å². The number of anilines is 1. The Hall–Kier alpha value is -4.37. The lowest BCUT2D eigenvalue weighted by atomic mass is 9.82. The number of carbonyl (C=O) groups is 3. The molecule has 0 spiro atoms. The molecule has 2 aromatic rings. The Bertz CT molecular complexity index is 1380. The number of ether oxygens (including phenoxy) is 2. The van der Waals surface area contributed by atoms with Crippen molar-refractivity contribution in [3.05, 3.63) is 81.7 Å². The van der Waals surface area contributed by atoms with Gasteiger partial charge in [-0.2, -0.15) is 5.26 Å². The highest BCUT2D eigenvalue weighted by molar-refractivity contribution is 8.04. The van der Waals surface area contributed by atoms with E-state index in [1.165, 1.54) is 7.11 Å². The number of nitriles is 1. The van der Waals surface area contributed by atoms with E-state index in [0.717, 1.165) is 42.0 Å². The fraction of sp³-hybridized carbons (Fsp3) is 0.200. The fourth-order valence-electron chi connectivity index (χ4n) is 4.09. The number of nitrogens with one attached hydrogen (secondary N) is 1. The van der Waals surface area contributed by atoms with Gasteiger partial charge >= 0.3 is 5.97 Å². The summed E-state index contributed by atoms with van der Waals surface area (Å²) in [6, 6.07) is 11.2. The summed E-state index contributed by atoms with van der Waals surface area (Å²) in [4.78, 5) is 39.7. The van der Waals surface area contributed by atoms with E-state index >= 15 is 8.78 Å². The van der Waals surface area contributed by atoms with Gasteiger partial charge in [0.25, 0.3) is 5.91 Å². The van der Waals surface area contributed by atoms with Crippen molar-refractivity contribution in [2.75, 3.05) is 19.5 Å². The van der Waals surface area contributed by atoms with Crippen LogP contribution in [0.2, 0.25) is 0 Å². The van der Waals surface area contributed by atoms with Crippen molar-refractivity contribution in [1.29, 1.82) is 5.26 Å². The molecule has 2 unspecified atom stereocenters. The van der Waals surface area contributed by atoms with E-state index in [0.29, 0.717) is 11.4 Å². The van der Waals surface area contributed by atoms with Crippen LogP contribution in [0, 0.1) is 23.0 Å². The number of hydrogen-bond acceptors (Lipinski definition) is 8. The number of thioether (sulfide) groups is 1. The molecule has 37 heavy (non-hydrogen) atoms. The van der Waals surface area contributed by atoms with E-state index in [1.807, 2.05) is 6.07 Å². The van der Waals surface area contributed by atoms with Crippen LogP contribution in [0.25, 0.3) is 0 Å². The third-order valence-corrected chi connectivity index (χ3v) is 7.14. The average Bonchev–Trinajstić information content (AvgIpc) is 3.20. The second kappa shape index (κ2) is 10.3. The Morgan fingerprint density at radius 2 is 1.81 bits per heavy atom. The van der Waals surface area contributed by atoms with Crippen molar-refractivity contribution < 1.29 is 32.6 Å². The number of esters is 1. The molecule has 0 radical (unpaired) electrons. The van der Waals surface area contributed by atoms with Gasteiger partial charge in [-0.25, -0.2) is 8.78 Å². The highest BCUT2D eigenvalue weighted by atomic mass is 32.2. The van der Waals surface area contributed by atoms with Crippen molar-refractivity contribution in [3.63, 3.8) is 0 Å². The summed E-state index contributed by atoms with van der Waals surface area (Å²) in [5, 5.41) is 11.5. The molecule has 0 aromatic heterocycles. The Morgan fingerprint density at radius 3 is 2.38 bits per heavy atom. The number of carbonyl (C=O) groups excluding carboxylic acids is 3. The number of methoxy groups -OCH3 is 2. The first-order chi connectivity index (χ1) is 17.7. The van der Waals surface area contributed by atoms with Crippen LogP contribution in [0.4, 0.5) is 14.5 Å². The van der Waals surface area contributed by atoms with Crippen molar-refractivity contribution in [2.24, 2.45) is 5.73 Å². The van der Waals surface area contributed by atoms with E-state index in [4.69, 9.17) is 10.5 Å². The zero-order valence-electron chi connectivity index (χ0n) is 19.6. The number of nitrogens with two attached hydrogens (primary N) is 1. The molecule has 190 valence electrons. The Balaban J connectivity index is 1.90. The molecule has 9 nitrogen and oxygen atoms in total. The van der Waals surface area contributed by atoms with E-state index in [1.54, 1.807) is 24.3 Å². The van der Waals surface area contributed by atoms with Crippen molar-refractivity contribution in [1.82, 2.24) is 4.90 Å². The number of nitrogens with zero attached hydrogens (tertiary/aromatic N) is 2. The number of amides is 2. The van der Waals surface area contributed by atoms with Crippen LogP contribution in [0.15, 0.2) is 64.5 Å². The zero-order chi connectivity index (χ0) is 26.9. The first-order valence-electron chi connectivity index (χ1n) is 10.8. The van der Waals surface area contributed by atoms with Gasteiger partial charge in [0.15, 0.2) is 0 Å². The lowest BCUT2D eigenvalue weighted by Gasteiger charge is -2.32. The molecule has 4 rings (SSSR count). The van der Waals surface area contributed by atoms with Crippen LogP contribution < -0.4 is 15.8 Å². The predicted octanol–water partition coefficient (Wildman–Crippen LogP) is 3.12. The minimum absolute atomic E-state index is 0.0333. The number of fused-ring (bicyclic) bond motifs is 1. The van der Waals surface area contributed by atoms with Gasteiger partial charge in [-0.3, -0.25) is 19.3 Å². The highest BCUT2D eigenvalue weighted by Crippen LogP contribution is 2.50. The topological polar surface area (TPSA) is 135 Å². The van der Waals surface area contributed by atoms with E-state index in [2.05, 4.69) is 10.1 Å². The SMILES string of the molecule is COC(=O)CC1SC2=C(C(=O)Nc3ccc(OC)cc3)C(c3c(F)cccc3F)C(C#N)=C(N)N2C1=O. The van der Waals surface area contributed by atoms with Gasteiger partial charge in [0.1, 0.15) is 28.5 Å². The van der Waals surface area contributed by atoms with Crippen LogP contribution in [0.1, 0.15) is 17.9 Å². The smallest absolute Gasteiger partial charge is 0.307 e. The van der Waals surface area contributed by atoms with E-state index < -0.39 is 46.1 Å². The zero-order valence-corrected chi connectivity index (χ0v) is 20.4. The Labute approximate surface area is 214 Å². The summed E-state index contributed by atoms with van der Waals surface area (Å²) in [6.45, 7) is 0. The molecule has 0 saturated carbocycles. The highest BCUT2D eigenvalue weighted by Gasteiger charge is 2.49. The van der Waals surface area contributed by atoms with Gasteiger partial charge in [-0.05, 0) is 36.4 Å². The van der Waals surface area contributed by atoms with Crippen LogP contribution in [-0.2, 0) is 19.1 Å². The van der Waals surface area contributed by atoms with Crippen LogP contribution in [0.5, 0.6) is 5.75 Å². The lowest BCUT2D eigenvalue weighted by Crippen LogP contribution is -2.39. The molecule has 2 aliphatic heterocycles. The molecule has 1 fully saturated rings. The maximum Gasteiger partial charge on any atom is 0.307 e. The summed E-state index contributed by atoms with van der Waals surface area (Å²) < 4.78 is 39.8. The molecule has 0 aliphatic carbocycles. The van der Waals surface area contributed by atoms with Crippen LogP contribution in [-0.4, -0.2) is 42.2 Å². The number of rotatable bonds is 6. The van der Waals surface area contributed by atoms with Gasteiger partial charge < -0.3 is 20.5 Å². The Kier molecular flexibility index (Phi) is 7.17. The summed E-state index contributed by atoms with van der Waals surface area (Å²) in [5.41, 5.74) is 5.27. The van der Waals surface area contributed by atoms with Gasteiger partial charge in [0, 0.05) is 11.3 Å². The second-order valence-electron chi connectivity index (χ2n) is 7.94. The minimum Gasteiger partial charge on any atom is -0.497 e. The number of hydrogen-bond donors (Lipinski definition) is 2. The maximum atomic E-state index is 15.0. The molecule has 2 aliphatic rings. The normalized spacial score (nSPS) is 18.9. The standard InChI is InChI=1S/C25H20F2N4O5S/c1-35-13-8-6-12(7-9-13)30-23(33)21-19(20-15(26)4-3-5-16(20)27)14(11-28)22(29)31-24(34)17(37-25(21)31)10-18(32)36-2/h3-9,17,19H,10,29H2,1-2H3,(H,30,33). The molecule has 2 amide bonds. The number of allylic oxidation sites excluding steroid dienone is 1. The van der Waals surface area contributed by atoms with Gasteiger partial charge in [0.2, 0.25) is 5.91 Å². The first-order valence-corrected chi connectivity index (χ1v) is 11.7. The third kappa shape index (κ3) is 4.61. The average molecular weight is 527 g/mol. The van der Waals surface area contributed by atoms with Gasteiger partial charge in [-0.1, -0.05) is 17.8 Å². The Morgan fingerprint density at radius 1 is 1.16 bits per heavy atom. The fourth-order valence-corrected chi connectivity index (χ4v) is 5.42. The van der Waals surface area contributed by atoms with Crippen molar-refractivity contribution in [2.45, 2.75) is 17.6 Å². The molecule has 2 aromatic carbocycles. The third-order valence-electron chi connectivity index (χ3n) is 5.86. The quantitative estimate of drug-likeness (QED) is 0.549. The lowest BCUT2D eigenvalue weighted by molar-refractivity contribution is -0.142. The molecule has 2 heterocycles. The van der Waals surface area contributed by atoms with Gasteiger partial charge in [-0.15, -0.1) is 0 Å². The van der Waals surface area contributed by atoms with E-state index in [-0.39, 0.29) is 28.4 Å². The molecule has 3 N–H and O–H groups in total. The monoisotopic (exact) mass is 526 g/mol. The molecular formula is C25H20F2N4O5S. The predicted molar refractivity (Wildman–Crippen MR) is 129 cm³/mol. The number of halogens is 2. The molecular weight excluding hydrogens is 506 g/mol. The maximum absolute atomic E-state index is 15.0. The summed E-state index contributed by atoms with van der Waals surface area (Å²) in [5.74, 6) is -5.60. The second-order valence-corrected chi connectivity index (χ2v) is 9.13. The summed E-state index contributed by atoms with van der Waals surface area (Å²) in [7, 11) is 2.63.